The lowest BCUT2D eigenvalue weighted by Gasteiger charge is -2.17. The van der Waals surface area contributed by atoms with Crippen LogP contribution in [0.15, 0.2) is 77.3 Å². The van der Waals surface area contributed by atoms with E-state index in [0.717, 1.165) is 27.0 Å². The summed E-state index contributed by atoms with van der Waals surface area (Å²) < 4.78 is 22.1. The molecule has 0 radical (unpaired) electrons. The number of benzene rings is 3. The number of carboxylic acid groups (broad SMARTS) is 1. The molecule has 7 heteroatoms. The molecule has 162 valence electrons. The zero-order valence-electron chi connectivity index (χ0n) is 17.0. The van der Waals surface area contributed by atoms with E-state index in [1.54, 1.807) is 30.3 Å². The summed E-state index contributed by atoms with van der Waals surface area (Å²) in [6.07, 6.45) is 0. The third-order valence-electron chi connectivity index (χ3n) is 5.04. The highest BCUT2D eigenvalue weighted by Crippen LogP contribution is 2.36. The number of rotatable bonds is 6. The molecule has 32 heavy (non-hydrogen) atoms. The van der Waals surface area contributed by atoms with E-state index in [4.69, 9.17) is 16.3 Å². The first-order valence-corrected chi connectivity index (χ1v) is 10.9. The number of halogens is 3. The molecule has 0 aliphatic rings. The highest BCUT2D eigenvalue weighted by Gasteiger charge is 2.17. The van der Waals surface area contributed by atoms with Crippen LogP contribution in [0.5, 0.6) is 5.75 Å². The van der Waals surface area contributed by atoms with Gasteiger partial charge in [0.1, 0.15) is 18.2 Å². The van der Waals surface area contributed by atoms with Crippen LogP contribution in [-0.2, 0) is 6.61 Å². The number of nitrogens with zero attached hydrogens (tertiary/aromatic N) is 1. The number of ether oxygens (including phenoxy) is 1. The standard InChI is InChI=1S/C25H18BrClFNO3/c1-15-2-10-23(29(15)19-8-9-22(27)20(13-19)25(30)31)21-12-17(26)5-11-24(21)32-14-16-3-6-18(28)7-4-16/h2-13H,14H2,1H3,(H,30,31). The smallest absolute Gasteiger partial charge is 0.337 e. The largest absolute Gasteiger partial charge is 0.488 e. The number of aromatic carboxylic acids is 1. The van der Waals surface area contributed by atoms with Gasteiger partial charge in [0.2, 0.25) is 0 Å². The van der Waals surface area contributed by atoms with Crippen LogP contribution in [0.25, 0.3) is 16.9 Å². The van der Waals surface area contributed by atoms with Crippen LogP contribution in [0, 0.1) is 12.7 Å². The second-order valence-electron chi connectivity index (χ2n) is 7.22. The van der Waals surface area contributed by atoms with Crippen molar-refractivity contribution in [2.45, 2.75) is 13.5 Å². The van der Waals surface area contributed by atoms with E-state index in [1.165, 1.54) is 12.1 Å². The molecule has 0 saturated carbocycles. The molecule has 3 aromatic carbocycles. The lowest BCUT2D eigenvalue weighted by atomic mass is 10.1. The van der Waals surface area contributed by atoms with E-state index < -0.39 is 5.97 Å². The van der Waals surface area contributed by atoms with E-state index in [9.17, 15) is 14.3 Å². The molecule has 1 heterocycles. The maximum absolute atomic E-state index is 13.2. The van der Waals surface area contributed by atoms with Crippen LogP contribution in [0.3, 0.4) is 0 Å². The summed E-state index contributed by atoms with van der Waals surface area (Å²) in [5.41, 5.74) is 4.12. The van der Waals surface area contributed by atoms with Crippen molar-refractivity contribution in [1.29, 1.82) is 0 Å². The molecule has 0 bridgehead atoms. The first-order chi connectivity index (χ1) is 15.3. The SMILES string of the molecule is Cc1ccc(-c2cc(Br)ccc2OCc2ccc(F)cc2)n1-c1ccc(Cl)c(C(=O)O)c1. The lowest BCUT2D eigenvalue weighted by molar-refractivity contribution is 0.0697. The summed E-state index contributed by atoms with van der Waals surface area (Å²) in [4.78, 5) is 11.6. The topological polar surface area (TPSA) is 51.5 Å². The van der Waals surface area contributed by atoms with E-state index in [-0.39, 0.29) is 23.0 Å². The van der Waals surface area contributed by atoms with E-state index >= 15 is 0 Å². The fraction of sp³-hybridized carbons (Fsp3) is 0.0800. The van der Waals surface area contributed by atoms with Crippen molar-refractivity contribution in [3.8, 4) is 22.7 Å². The third kappa shape index (κ3) is 4.56. The average molecular weight is 515 g/mol. The number of carbonyl (C=O) groups is 1. The quantitative estimate of drug-likeness (QED) is 0.294. The van der Waals surface area contributed by atoms with Gasteiger partial charge in [0.05, 0.1) is 16.3 Å². The number of carboxylic acids is 1. The maximum Gasteiger partial charge on any atom is 0.337 e. The molecule has 0 unspecified atom stereocenters. The van der Waals surface area contributed by atoms with Crippen molar-refractivity contribution in [3.63, 3.8) is 0 Å². The molecule has 0 spiro atoms. The van der Waals surface area contributed by atoms with Crippen molar-refractivity contribution in [3.05, 3.63) is 105 Å². The summed E-state index contributed by atoms with van der Waals surface area (Å²) in [5.74, 6) is -0.742. The minimum Gasteiger partial charge on any atom is -0.488 e. The Hall–Kier alpha value is -3.09. The summed E-state index contributed by atoms with van der Waals surface area (Å²) in [6, 6.07) is 20.7. The van der Waals surface area contributed by atoms with Crippen LogP contribution >= 0.6 is 27.5 Å². The molecule has 1 N–H and O–H groups in total. The predicted octanol–water partition coefficient (Wildman–Crippen LogP) is 7.28. The molecule has 4 rings (SSSR count). The second kappa shape index (κ2) is 9.18. The zero-order chi connectivity index (χ0) is 22.8. The molecule has 4 nitrogen and oxygen atoms in total. The maximum atomic E-state index is 13.2. The molecule has 0 fully saturated rings. The summed E-state index contributed by atoms with van der Waals surface area (Å²) >= 11 is 9.59. The van der Waals surface area contributed by atoms with Gasteiger partial charge in [-0.05, 0) is 73.2 Å². The zero-order valence-corrected chi connectivity index (χ0v) is 19.3. The van der Waals surface area contributed by atoms with Crippen molar-refractivity contribution in [1.82, 2.24) is 4.57 Å². The Morgan fingerprint density at radius 3 is 2.53 bits per heavy atom. The summed E-state index contributed by atoms with van der Waals surface area (Å²) in [5, 5.41) is 9.65. The van der Waals surface area contributed by atoms with E-state index in [1.807, 2.05) is 41.8 Å². The van der Waals surface area contributed by atoms with Gasteiger partial charge in [0, 0.05) is 21.4 Å². The Kier molecular flexibility index (Phi) is 6.35. The lowest BCUT2D eigenvalue weighted by Crippen LogP contribution is -2.04. The van der Waals surface area contributed by atoms with Gasteiger partial charge < -0.3 is 14.4 Å². The van der Waals surface area contributed by atoms with Crippen LogP contribution in [-0.4, -0.2) is 15.6 Å². The molecule has 1 aromatic heterocycles. The first kappa shape index (κ1) is 22.1. The Morgan fingerprint density at radius 2 is 1.81 bits per heavy atom. The Labute approximate surface area is 198 Å². The van der Waals surface area contributed by atoms with Crippen LogP contribution in [0.2, 0.25) is 5.02 Å². The predicted molar refractivity (Wildman–Crippen MR) is 126 cm³/mol. The Bertz CT molecular complexity index is 1300. The molecule has 4 aromatic rings. The fourth-order valence-corrected chi connectivity index (χ4v) is 4.04. The van der Waals surface area contributed by atoms with Crippen LogP contribution in [0.4, 0.5) is 4.39 Å². The summed E-state index contributed by atoms with van der Waals surface area (Å²) in [7, 11) is 0. The van der Waals surface area contributed by atoms with Crippen LogP contribution in [0.1, 0.15) is 21.6 Å². The van der Waals surface area contributed by atoms with Gasteiger partial charge in [0.15, 0.2) is 0 Å². The molecule has 0 saturated heterocycles. The minimum absolute atomic E-state index is 0.0326. The molecule has 0 aliphatic heterocycles. The molecule has 0 aliphatic carbocycles. The molecular weight excluding hydrogens is 497 g/mol. The fourth-order valence-electron chi connectivity index (χ4n) is 3.48. The Morgan fingerprint density at radius 1 is 1.06 bits per heavy atom. The van der Waals surface area contributed by atoms with Gasteiger partial charge in [-0.2, -0.15) is 0 Å². The number of hydrogen-bond donors (Lipinski definition) is 1. The highest BCUT2D eigenvalue weighted by molar-refractivity contribution is 9.10. The third-order valence-corrected chi connectivity index (χ3v) is 5.86. The van der Waals surface area contributed by atoms with Gasteiger partial charge in [-0.15, -0.1) is 0 Å². The number of aromatic nitrogens is 1. The van der Waals surface area contributed by atoms with Crippen LogP contribution < -0.4 is 4.74 Å². The number of hydrogen-bond acceptors (Lipinski definition) is 2. The normalized spacial score (nSPS) is 10.9. The molecule has 0 amide bonds. The first-order valence-electron chi connectivity index (χ1n) is 9.72. The monoisotopic (exact) mass is 513 g/mol. The second-order valence-corrected chi connectivity index (χ2v) is 8.54. The van der Waals surface area contributed by atoms with Gasteiger partial charge in [-0.25, -0.2) is 9.18 Å². The van der Waals surface area contributed by atoms with Gasteiger partial charge in [-0.1, -0.05) is 39.7 Å². The summed E-state index contributed by atoms with van der Waals surface area (Å²) in [6.45, 7) is 2.22. The average Bonchev–Trinajstić information content (AvgIpc) is 3.15. The van der Waals surface area contributed by atoms with Crippen molar-refractivity contribution in [2.75, 3.05) is 0 Å². The van der Waals surface area contributed by atoms with Gasteiger partial charge >= 0.3 is 5.97 Å². The molecule has 0 atom stereocenters. The van der Waals surface area contributed by atoms with E-state index in [2.05, 4.69) is 15.9 Å². The Balaban J connectivity index is 1.77. The number of aryl methyl sites for hydroxylation is 1. The minimum atomic E-state index is -1.09. The van der Waals surface area contributed by atoms with Crippen molar-refractivity contribution in [2.24, 2.45) is 0 Å². The highest BCUT2D eigenvalue weighted by atomic mass is 79.9. The van der Waals surface area contributed by atoms with E-state index in [0.29, 0.717) is 11.4 Å². The molecular formula is C25H18BrClFNO3. The van der Waals surface area contributed by atoms with Crippen molar-refractivity contribution < 1.29 is 19.0 Å². The van der Waals surface area contributed by atoms with Crippen molar-refractivity contribution >= 4 is 33.5 Å². The van der Waals surface area contributed by atoms with Gasteiger partial charge in [0.25, 0.3) is 0 Å². The van der Waals surface area contributed by atoms with Gasteiger partial charge in [-0.3, -0.25) is 0 Å².